The maximum atomic E-state index is 12.4. The lowest BCUT2D eigenvalue weighted by Gasteiger charge is -2.26. The Labute approximate surface area is 172 Å². The highest BCUT2D eigenvalue weighted by atomic mass is 35.5. The van der Waals surface area contributed by atoms with Gasteiger partial charge in [-0.15, -0.1) is 12.4 Å². The van der Waals surface area contributed by atoms with Crippen LogP contribution in [0.2, 0.25) is 0 Å². The summed E-state index contributed by atoms with van der Waals surface area (Å²) in [5.74, 6) is -0.0193. The van der Waals surface area contributed by atoms with Crippen molar-refractivity contribution in [1.82, 2.24) is 4.90 Å². The van der Waals surface area contributed by atoms with E-state index in [4.69, 9.17) is 10.5 Å². The summed E-state index contributed by atoms with van der Waals surface area (Å²) in [5.41, 5.74) is 7.50. The average Bonchev–Trinajstić information content (AvgIpc) is 2.99. The first kappa shape index (κ1) is 22.5. The van der Waals surface area contributed by atoms with Crippen LogP contribution in [-0.4, -0.2) is 49.2 Å². The van der Waals surface area contributed by atoms with Gasteiger partial charge < -0.3 is 26.0 Å². The number of amides is 3. The highest BCUT2D eigenvalue weighted by molar-refractivity contribution is 5.95. The third kappa shape index (κ3) is 6.36. The van der Waals surface area contributed by atoms with Crippen molar-refractivity contribution in [1.29, 1.82) is 0 Å². The van der Waals surface area contributed by atoms with Gasteiger partial charge in [0, 0.05) is 37.7 Å². The van der Waals surface area contributed by atoms with Crippen molar-refractivity contribution in [3.8, 4) is 0 Å². The Hall–Kier alpha value is -1.83. The normalized spacial score (nSPS) is 19.1. The lowest BCUT2D eigenvalue weighted by atomic mass is 9.92. The minimum Gasteiger partial charge on any atom is -0.381 e. The smallest absolute Gasteiger partial charge is 0.321 e. The van der Waals surface area contributed by atoms with Crippen molar-refractivity contribution in [2.24, 2.45) is 11.7 Å². The molecule has 2 saturated heterocycles. The first-order chi connectivity index (χ1) is 13.1. The molecule has 2 fully saturated rings. The number of hydrogen-bond acceptors (Lipinski definition) is 4. The monoisotopic (exact) mass is 410 g/mol. The molecule has 1 aromatic carbocycles. The van der Waals surface area contributed by atoms with Gasteiger partial charge in [-0.1, -0.05) is 12.8 Å². The van der Waals surface area contributed by atoms with Gasteiger partial charge in [-0.3, -0.25) is 4.79 Å². The fourth-order valence-corrected chi connectivity index (χ4v) is 3.63. The predicted octanol–water partition coefficient (Wildman–Crippen LogP) is 3.21. The van der Waals surface area contributed by atoms with E-state index in [0.717, 1.165) is 44.5 Å². The number of carbonyl (C=O) groups is 2. The van der Waals surface area contributed by atoms with Gasteiger partial charge in [-0.2, -0.15) is 0 Å². The van der Waals surface area contributed by atoms with Gasteiger partial charge in [-0.05, 0) is 55.9 Å². The first-order valence-electron chi connectivity index (χ1n) is 9.93. The van der Waals surface area contributed by atoms with Crippen LogP contribution < -0.4 is 16.4 Å². The number of likely N-dealkylation sites (tertiary alicyclic amines) is 1. The molecule has 0 radical (unpaired) electrons. The SMILES string of the molecule is Cl.NC(C(=O)Nc1ccc(NC(=O)N2CCCCCC2)cc1)C1CCOCC1. The Kier molecular flexibility index (Phi) is 9.02. The minimum absolute atomic E-state index is 0. The largest absolute Gasteiger partial charge is 0.381 e. The van der Waals surface area contributed by atoms with Crippen LogP contribution in [0.4, 0.5) is 16.2 Å². The Bertz CT molecular complexity index is 627. The quantitative estimate of drug-likeness (QED) is 0.710. The Morgan fingerprint density at radius 3 is 2.07 bits per heavy atom. The number of urea groups is 1. The van der Waals surface area contributed by atoms with Crippen molar-refractivity contribution in [2.45, 2.75) is 44.6 Å². The number of ether oxygens (including phenoxy) is 1. The zero-order valence-corrected chi connectivity index (χ0v) is 17.0. The van der Waals surface area contributed by atoms with Gasteiger partial charge in [0.15, 0.2) is 0 Å². The second-order valence-electron chi connectivity index (χ2n) is 7.37. The number of benzene rings is 1. The molecule has 0 spiro atoms. The molecule has 0 aliphatic carbocycles. The van der Waals surface area contributed by atoms with Crippen LogP contribution in [0.25, 0.3) is 0 Å². The van der Waals surface area contributed by atoms with E-state index in [9.17, 15) is 9.59 Å². The molecular formula is C20H31ClN4O3. The standard InChI is InChI=1S/C20H30N4O3.ClH/c21-18(15-9-13-27-14-10-15)19(25)22-16-5-7-17(8-6-16)23-20(26)24-11-3-1-2-4-12-24;/h5-8,15,18H,1-4,9-14,21H2,(H,22,25)(H,23,26);1H. The second kappa shape index (κ2) is 11.2. The molecule has 0 aromatic heterocycles. The molecule has 2 aliphatic heterocycles. The zero-order valence-electron chi connectivity index (χ0n) is 16.2. The lowest BCUT2D eigenvalue weighted by molar-refractivity contribution is -0.119. The molecule has 0 saturated carbocycles. The van der Waals surface area contributed by atoms with Crippen molar-refractivity contribution in [3.63, 3.8) is 0 Å². The Balaban J connectivity index is 0.00000280. The predicted molar refractivity (Wildman–Crippen MR) is 113 cm³/mol. The first-order valence-corrected chi connectivity index (χ1v) is 9.93. The summed E-state index contributed by atoms with van der Waals surface area (Å²) >= 11 is 0. The highest BCUT2D eigenvalue weighted by Crippen LogP contribution is 2.20. The fourth-order valence-electron chi connectivity index (χ4n) is 3.63. The Morgan fingerprint density at radius 1 is 0.964 bits per heavy atom. The molecule has 3 rings (SSSR count). The summed E-state index contributed by atoms with van der Waals surface area (Å²) in [6, 6.07) is 6.57. The molecule has 28 heavy (non-hydrogen) atoms. The molecule has 1 atom stereocenters. The van der Waals surface area contributed by atoms with E-state index in [2.05, 4.69) is 10.6 Å². The molecule has 1 aromatic rings. The summed E-state index contributed by atoms with van der Waals surface area (Å²) < 4.78 is 5.32. The molecular weight excluding hydrogens is 380 g/mol. The van der Waals surface area contributed by atoms with E-state index in [1.54, 1.807) is 24.3 Å². The number of halogens is 1. The highest BCUT2D eigenvalue weighted by Gasteiger charge is 2.26. The van der Waals surface area contributed by atoms with Crippen LogP contribution in [0.5, 0.6) is 0 Å². The van der Waals surface area contributed by atoms with Gasteiger partial charge >= 0.3 is 6.03 Å². The number of nitrogens with two attached hydrogens (primary N) is 1. The van der Waals surface area contributed by atoms with E-state index in [1.165, 1.54) is 12.8 Å². The molecule has 7 nitrogen and oxygen atoms in total. The van der Waals surface area contributed by atoms with E-state index >= 15 is 0 Å². The number of hydrogen-bond donors (Lipinski definition) is 3. The van der Waals surface area contributed by atoms with Crippen LogP contribution in [-0.2, 0) is 9.53 Å². The summed E-state index contributed by atoms with van der Waals surface area (Å²) in [6.45, 7) is 2.95. The molecule has 2 heterocycles. The van der Waals surface area contributed by atoms with E-state index in [1.807, 2.05) is 4.90 Å². The van der Waals surface area contributed by atoms with Crippen LogP contribution in [0.1, 0.15) is 38.5 Å². The maximum absolute atomic E-state index is 12.4. The van der Waals surface area contributed by atoms with E-state index < -0.39 is 6.04 Å². The molecule has 156 valence electrons. The summed E-state index contributed by atoms with van der Waals surface area (Å²) in [7, 11) is 0. The van der Waals surface area contributed by atoms with Crippen molar-refractivity contribution >= 4 is 35.7 Å². The number of anilines is 2. The molecule has 2 aliphatic rings. The lowest BCUT2D eigenvalue weighted by Crippen LogP contribution is -2.44. The van der Waals surface area contributed by atoms with Gasteiger partial charge in [-0.25, -0.2) is 4.79 Å². The van der Waals surface area contributed by atoms with E-state index in [0.29, 0.717) is 18.9 Å². The third-order valence-electron chi connectivity index (χ3n) is 5.37. The van der Waals surface area contributed by atoms with Gasteiger partial charge in [0.2, 0.25) is 5.91 Å². The molecule has 4 N–H and O–H groups in total. The fraction of sp³-hybridized carbons (Fsp3) is 0.600. The minimum atomic E-state index is -0.531. The van der Waals surface area contributed by atoms with Crippen molar-refractivity contribution < 1.29 is 14.3 Å². The second-order valence-corrected chi connectivity index (χ2v) is 7.37. The average molecular weight is 411 g/mol. The van der Waals surface area contributed by atoms with Crippen LogP contribution in [0.3, 0.4) is 0 Å². The van der Waals surface area contributed by atoms with Crippen LogP contribution in [0.15, 0.2) is 24.3 Å². The van der Waals surface area contributed by atoms with Gasteiger partial charge in [0.05, 0.1) is 6.04 Å². The number of carbonyl (C=O) groups excluding carboxylic acids is 2. The summed E-state index contributed by atoms with van der Waals surface area (Å²) in [6.07, 6.45) is 6.13. The van der Waals surface area contributed by atoms with E-state index in [-0.39, 0.29) is 30.3 Å². The number of nitrogens with one attached hydrogen (secondary N) is 2. The molecule has 1 unspecified atom stereocenters. The molecule has 3 amide bonds. The van der Waals surface area contributed by atoms with Gasteiger partial charge in [0.25, 0.3) is 0 Å². The number of nitrogens with zero attached hydrogens (tertiary/aromatic N) is 1. The van der Waals surface area contributed by atoms with Gasteiger partial charge in [0.1, 0.15) is 0 Å². The summed E-state index contributed by atoms with van der Waals surface area (Å²) in [4.78, 5) is 26.6. The van der Waals surface area contributed by atoms with Crippen LogP contribution >= 0.6 is 12.4 Å². The number of rotatable bonds is 4. The molecule has 8 heteroatoms. The molecule has 0 bridgehead atoms. The van der Waals surface area contributed by atoms with Crippen molar-refractivity contribution in [2.75, 3.05) is 36.9 Å². The topological polar surface area (TPSA) is 96.7 Å². The summed E-state index contributed by atoms with van der Waals surface area (Å²) in [5, 5.41) is 5.79. The zero-order chi connectivity index (χ0) is 19.1. The Morgan fingerprint density at radius 2 is 1.50 bits per heavy atom. The van der Waals surface area contributed by atoms with Crippen LogP contribution in [0, 0.1) is 5.92 Å². The van der Waals surface area contributed by atoms with Crippen molar-refractivity contribution in [3.05, 3.63) is 24.3 Å². The third-order valence-corrected chi connectivity index (χ3v) is 5.37. The maximum Gasteiger partial charge on any atom is 0.321 e.